The number of hydrogen-bond donors (Lipinski definition) is 2. The number of alkyl carbamates (subject to hydrolysis) is 1. The molecule has 0 aliphatic carbocycles. The lowest BCUT2D eigenvalue weighted by Gasteiger charge is -2.25. The standard InChI is InChI=1S/C11H23NO4/c1-6-7-8(9(13)15-5)12-10(14)16-11(2,3)4/h8-9,13H,6-7H2,1-5H3,(H,12,14). The molecule has 2 N–H and O–H groups in total. The second kappa shape index (κ2) is 6.70. The topological polar surface area (TPSA) is 67.8 Å². The Balaban J connectivity index is 4.23. The molecule has 0 saturated heterocycles. The molecule has 0 bridgehead atoms. The van der Waals surface area contributed by atoms with E-state index < -0.39 is 24.0 Å². The van der Waals surface area contributed by atoms with Crippen LogP contribution in [-0.2, 0) is 9.47 Å². The van der Waals surface area contributed by atoms with E-state index in [9.17, 15) is 9.90 Å². The maximum Gasteiger partial charge on any atom is 0.408 e. The fraction of sp³-hybridized carbons (Fsp3) is 0.909. The summed E-state index contributed by atoms with van der Waals surface area (Å²) in [6.07, 6.45) is -0.0793. The third-order valence-corrected chi connectivity index (χ3v) is 1.89. The highest BCUT2D eigenvalue weighted by Crippen LogP contribution is 2.09. The van der Waals surface area contributed by atoms with Crippen molar-refractivity contribution in [2.45, 2.75) is 58.5 Å². The van der Waals surface area contributed by atoms with Crippen molar-refractivity contribution in [2.24, 2.45) is 0 Å². The predicted octanol–water partition coefficient (Wildman–Crippen LogP) is 1.64. The summed E-state index contributed by atoms with van der Waals surface area (Å²) < 4.78 is 9.87. The number of rotatable bonds is 5. The van der Waals surface area contributed by atoms with Crippen molar-refractivity contribution in [3.8, 4) is 0 Å². The molecular weight excluding hydrogens is 210 g/mol. The van der Waals surface area contributed by atoms with Crippen LogP contribution in [0.3, 0.4) is 0 Å². The fourth-order valence-corrected chi connectivity index (χ4v) is 1.22. The van der Waals surface area contributed by atoms with Gasteiger partial charge in [-0.2, -0.15) is 0 Å². The Kier molecular flexibility index (Phi) is 6.36. The second-order valence-corrected chi connectivity index (χ2v) is 4.67. The van der Waals surface area contributed by atoms with Crippen molar-refractivity contribution < 1.29 is 19.4 Å². The van der Waals surface area contributed by atoms with E-state index in [1.165, 1.54) is 7.11 Å². The van der Waals surface area contributed by atoms with Crippen LogP contribution in [0.2, 0.25) is 0 Å². The molecule has 0 saturated carbocycles. The van der Waals surface area contributed by atoms with Gasteiger partial charge >= 0.3 is 6.09 Å². The maximum atomic E-state index is 11.5. The van der Waals surface area contributed by atoms with E-state index in [1.807, 2.05) is 6.92 Å². The number of ether oxygens (including phenoxy) is 2. The number of carbonyl (C=O) groups excluding carboxylic acids is 1. The van der Waals surface area contributed by atoms with E-state index in [1.54, 1.807) is 20.8 Å². The summed E-state index contributed by atoms with van der Waals surface area (Å²) in [6, 6.07) is -0.440. The largest absolute Gasteiger partial charge is 0.444 e. The number of hydrogen-bond acceptors (Lipinski definition) is 4. The average Bonchev–Trinajstić information content (AvgIpc) is 2.13. The third-order valence-electron chi connectivity index (χ3n) is 1.89. The minimum atomic E-state index is -1.01. The molecule has 1 amide bonds. The molecule has 2 atom stereocenters. The van der Waals surface area contributed by atoms with E-state index in [2.05, 4.69) is 5.32 Å². The Labute approximate surface area is 97.1 Å². The van der Waals surface area contributed by atoms with Crippen LogP contribution in [0.5, 0.6) is 0 Å². The Bertz CT molecular complexity index is 213. The molecule has 96 valence electrons. The van der Waals surface area contributed by atoms with Gasteiger partial charge in [-0.3, -0.25) is 0 Å². The van der Waals surface area contributed by atoms with Gasteiger partial charge in [0.1, 0.15) is 5.60 Å². The lowest BCUT2D eigenvalue weighted by Crippen LogP contribution is -2.46. The summed E-state index contributed by atoms with van der Waals surface area (Å²) in [5, 5.41) is 12.1. The molecule has 5 nitrogen and oxygen atoms in total. The van der Waals surface area contributed by atoms with E-state index in [-0.39, 0.29) is 0 Å². The van der Waals surface area contributed by atoms with Gasteiger partial charge in [-0.25, -0.2) is 4.79 Å². The zero-order valence-corrected chi connectivity index (χ0v) is 10.7. The summed E-state index contributed by atoms with van der Waals surface area (Å²) in [5.41, 5.74) is -0.543. The molecule has 0 aromatic carbocycles. The van der Waals surface area contributed by atoms with Crippen molar-refractivity contribution in [1.82, 2.24) is 5.32 Å². The molecule has 5 heteroatoms. The van der Waals surface area contributed by atoms with Crippen molar-refractivity contribution >= 4 is 6.09 Å². The predicted molar refractivity (Wildman–Crippen MR) is 61.1 cm³/mol. The van der Waals surface area contributed by atoms with Crippen LogP contribution in [0.15, 0.2) is 0 Å². The van der Waals surface area contributed by atoms with E-state index in [0.717, 1.165) is 6.42 Å². The monoisotopic (exact) mass is 233 g/mol. The van der Waals surface area contributed by atoms with Gasteiger partial charge in [-0.15, -0.1) is 0 Å². The first-order chi connectivity index (χ1) is 7.30. The Hall–Kier alpha value is -0.810. The van der Waals surface area contributed by atoms with Gasteiger partial charge in [0, 0.05) is 7.11 Å². The molecule has 0 aromatic rings. The van der Waals surface area contributed by atoms with Crippen LogP contribution in [0.4, 0.5) is 4.79 Å². The smallest absolute Gasteiger partial charge is 0.408 e. The van der Waals surface area contributed by atoms with Gasteiger partial charge < -0.3 is 19.9 Å². The molecular formula is C11H23NO4. The van der Waals surface area contributed by atoms with Gasteiger partial charge in [0.15, 0.2) is 6.29 Å². The number of aliphatic hydroxyl groups is 1. The first kappa shape index (κ1) is 15.2. The van der Waals surface area contributed by atoms with Crippen LogP contribution in [0, 0.1) is 0 Å². The first-order valence-electron chi connectivity index (χ1n) is 5.50. The zero-order valence-electron chi connectivity index (χ0n) is 10.7. The van der Waals surface area contributed by atoms with Crippen molar-refractivity contribution in [3.05, 3.63) is 0 Å². The lowest BCUT2D eigenvalue weighted by atomic mass is 10.1. The molecule has 0 spiro atoms. The van der Waals surface area contributed by atoms with Crippen LogP contribution in [-0.4, -0.2) is 36.2 Å². The van der Waals surface area contributed by atoms with Crippen LogP contribution in [0.1, 0.15) is 40.5 Å². The van der Waals surface area contributed by atoms with Crippen LogP contribution >= 0.6 is 0 Å². The molecule has 2 unspecified atom stereocenters. The van der Waals surface area contributed by atoms with E-state index >= 15 is 0 Å². The number of amides is 1. The number of aliphatic hydroxyl groups excluding tert-OH is 1. The SMILES string of the molecule is CCCC(NC(=O)OC(C)(C)C)C(O)OC. The number of nitrogens with one attached hydrogen (secondary N) is 1. The van der Waals surface area contributed by atoms with Crippen LogP contribution < -0.4 is 5.32 Å². The third kappa shape index (κ3) is 6.63. The Morgan fingerprint density at radius 3 is 2.38 bits per heavy atom. The normalized spacial score (nSPS) is 15.4. The second-order valence-electron chi connectivity index (χ2n) is 4.67. The van der Waals surface area contributed by atoms with Gasteiger partial charge in [0.25, 0.3) is 0 Å². The highest BCUT2D eigenvalue weighted by Gasteiger charge is 2.23. The molecule has 0 aliphatic heterocycles. The van der Waals surface area contributed by atoms with E-state index in [0.29, 0.717) is 6.42 Å². The summed E-state index contributed by atoms with van der Waals surface area (Å²) >= 11 is 0. The minimum absolute atomic E-state index is 0.440. The summed E-state index contributed by atoms with van der Waals surface area (Å²) in [4.78, 5) is 11.5. The van der Waals surface area contributed by atoms with E-state index in [4.69, 9.17) is 9.47 Å². The van der Waals surface area contributed by atoms with Gasteiger partial charge in [-0.05, 0) is 27.2 Å². The van der Waals surface area contributed by atoms with Crippen molar-refractivity contribution in [3.63, 3.8) is 0 Å². The van der Waals surface area contributed by atoms with Crippen molar-refractivity contribution in [1.29, 1.82) is 0 Å². The van der Waals surface area contributed by atoms with Crippen molar-refractivity contribution in [2.75, 3.05) is 7.11 Å². The first-order valence-corrected chi connectivity index (χ1v) is 5.50. The van der Waals surface area contributed by atoms with Gasteiger partial charge in [0.2, 0.25) is 0 Å². The molecule has 16 heavy (non-hydrogen) atoms. The molecule has 0 radical (unpaired) electrons. The molecule has 0 aliphatic rings. The van der Waals surface area contributed by atoms with Gasteiger partial charge in [0.05, 0.1) is 6.04 Å². The zero-order chi connectivity index (χ0) is 12.8. The lowest BCUT2D eigenvalue weighted by molar-refractivity contribution is -0.0985. The summed E-state index contributed by atoms with van der Waals surface area (Å²) in [7, 11) is 1.39. The average molecular weight is 233 g/mol. The molecule has 0 heterocycles. The van der Waals surface area contributed by atoms with Crippen LogP contribution in [0.25, 0.3) is 0 Å². The molecule has 0 aromatic heterocycles. The number of methoxy groups -OCH3 is 1. The highest BCUT2D eigenvalue weighted by molar-refractivity contribution is 5.68. The summed E-state index contributed by atoms with van der Waals surface area (Å²) in [6.45, 7) is 7.32. The molecule has 0 fully saturated rings. The maximum absolute atomic E-state index is 11.5. The minimum Gasteiger partial charge on any atom is -0.444 e. The number of carbonyl (C=O) groups is 1. The Morgan fingerprint density at radius 1 is 1.44 bits per heavy atom. The summed E-state index contributed by atoms with van der Waals surface area (Å²) in [5.74, 6) is 0. The fourth-order valence-electron chi connectivity index (χ4n) is 1.22. The highest BCUT2D eigenvalue weighted by atomic mass is 16.6. The Morgan fingerprint density at radius 2 is 2.00 bits per heavy atom. The quantitative estimate of drug-likeness (QED) is 0.708. The van der Waals surface area contributed by atoms with Gasteiger partial charge in [-0.1, -0.05) is 13.3 Å². The molecule has 0 rings (SSSR count).